The van der Waals surface area contributed by atoms with Crippen LogP contribution in [0.3, 0.4) is 0 Å². The van der Waals surface area contributed by atoms with Gasteiger partial charge in [0.15, 0.2) is 0 Å². The van der Waals surface area contributed by atoms with Gasteiger partial charge in [0.1, 0.15) is 11.9 Å². The minimum absolute atomic E-state index is 0.0441. The fourth-order valence-electron chi connectivity index (χ4n) is 3.02. The highest BCUT2D eigenvalue weighted by Gasteiger charge is 2.31. The van der Waals surface area contributed by atoms with Gasteiger partial charge in [-0.2, -0.15) is 0 Å². The molecule has 2 aliphatic rings. The van der Waals surface area contributed by atoms with Crippen LogP contribution in [0.4, 0.5) is 4.79 Å². The molecule has 1 saturated heterocycles. The Kier molecular flexibility index (Phi) is 5.52. The highest BCUT2D eigenvalue weighted by molar-refractivity contribution is 5.68. The van der Waals surface area contributed by atoms with Gasteiger partial charge in [-0.3, -0.25) is 0 Å². The Balaban J connectivity index is 1.51. The van der Waals surface area contributed by atoms with Crippen molar-refractivity contribution in [1.29, 1.82) is 0 Å². The van der Waals surface area contributed by atoms with E-state index < -0.39 is 0 Å². The van der Waals surface area contributed by atoms with Crippen molar-refractivity contribution in [1.82, 2.24) is 5.32 Å². The van der Waals surface area contributed by atoms with E-state index in [1.165, 1.54) is 18.4 Å². The normalized spacial score (nSPS) is 23.8. The molecule has 3 rings (SSSR count). The van der Waals surface area contributed by atoms with Crippen molar-refractivity contribution < 1.29 is 19.0 Å². The largest absolute Gasteiger partial charge is 0.493 e. The highest BCUT2D eigenvalue weighted by Crippen LogP contribution is 2.40. The summed E-state index contributed by atoms with van der Waals surface area (Å²) >= 11 is 0. The summed E-state index contributed by atoms with van der Waals surface area (Å²) < 4.78 is 17.1. The van der Waals surface area contributed by atoms with Gasteiger partial charge < -0.3 is 19.5 Å². The summed E-state index contributed by atoms with van der Waals surface area (Å²) in [5.41, 5.74) is 1.09. The van der Waals surface area contributed by atoms with Crippen LogP contribution >= 0.6 is 0 Å². The molecule has 1 aliphatic heterocycles. The van der Waals surface area contributed by atoms with Crippen LogP contribution in [0.1, 0.15) is 51.5 Å². The average Bonchev–Trinajstić information content (AvgIpc) is 3.38. The summed E-state index contributed by atoms with van der Waals surface area (Å²) in [5, 5.41) is 2.84. The van der Waals surface area contributed by atoms with E-state index in [0.717, 1.165) is 11.7 Å². The van der Waals surface area contributed by atoms with Crippen molar-refractivity contribution in [2.75, 3.05) is 19.8 Å². The average molecular weight is 347 g/mol. The lowest BCUT2D eigenvalue weighted by atomic mass is 9.99. The van der Waals surface area contributed by atoms with Crippen LogP contribution in [-0.2, 0) is 9.47 Å². The summed E-state index contributed by atoms with van der Waals surface area (Å²) in [5.74, 6) is 1.65. The Hall–Kier alpha value is -1.75. The fraction of sp³-hybridized carbons (Fsp3) is 0.650. The molecule has 5 nitrogen and oxygen atoms in total. The molecule has 2 fully saturated rings. The van der Waals surface area contributed by atoms with E-state index in [2.05, 4.69) is 17.4 Å². The van der Waals surface area contributed by atoms with E-state index in [1.807, 2.05) is 32.9 Å². The minimum Gasteiger partial charge on any atom is -0.493 e. The summed E-state index contributed by atoms with van der Waals surface area (Å²) in [7, 11) is 0. The SMILES string of the molecule is CC(C)(C)NC(=O)O[C@H]1CCOC[C@@H]1COc1ccc(C2CC2)cc1. The van der Waals surface area contributed by atoms with E-state index in [0.29, 0.717) is 26.2 Å². The molecule has 1 saturated carbocycles. The third-order valence-corrected chi connectivity index (χ3v) is 4.53. The Morgan fingerprint density at radius 2 is 1.92 bits per heavy atom. The molecule has 0 unspecified atom stereocenters. The van der Waals surface area contributed by atoms with Gasteiger partial charge in [0, 0.05) is 12.0 Å². The Labute approximate surface area is 150 Å². The molecule has 2 atom stereocenters. The first-order valence-corrected chi connectivity index (χ1v) is 9.20. The van der Waals surface area contributed by atoms with Crippen LogP contribution in [0, 0.1) is 5.92 Å². The van der Waals surface area contributed by atoms with Crippen molar-refractivity contribution in [2.24, 2.45) is 5.92 Å². The first-order valence-electron chi connectivity index (χ1n) is 9.20. The summed E-state index contributed by atoms with van der Waals surface area (Å²) in [4.78, 5) is 12.0. The zero-order chi connectivity index (χ0) is 17.9. The van der Waals surface area contributed by atoms with Gasteiger partial charge in [-0.25, -0.2) is 4.79 Å². The van der Waals surface area contributed by atoms with E-state index in [4.69, 9.17) is 14.2 Å². The number of ether oxygens (including phenoxy) is 3. The summed E-state index contributed by atoms with van der Waals surface area (Å²) in [6.45, 7) is 7.45. The minimum atomic E-state index is -0.377. The number of nitrogens with one attached hydrogen (secondary N) is 1. The fourth-order valence-corrected chi connectivity index (χ4v) is 3.02. The molecule has 0 spiro atoms. The maximum atomic E-state index is 12.0. The molecule has 138 valence electrons. The van der Waals surface area contributed by atoms with Gasteiger partial charge in [0.2, 0.25) is 0 Å². The van der Waals surface area contributed by atoms with Crippen LogP contribution in [-0.4, -0.2) is 37.6 Å². The van der Waals surface area contributed by atoms with Crippen molar-refractivity contribution >= 4 is 6.09 Å². The molecule has 0 bridgehead atoms. The van der Waals surface area contributed by atoms with Gasteiger partial charge >= 0.3 is 6.09 Å². The Morgan fingerprint density at radius 3 is 2.56 bits per heavy atom. The van der Waals surface area contributed by atoms with Crippen LogP contribution < -0.4 is 10.1 Å². The summed E-state index contributed by atoms with van der Waals surface area (Å²) in [6, 6.07) is 8.35. The molecule has 25 heavy (non-hydrogen) atoms. The molecule has 1 aromatic carbocycles. The second kappa shape index (κ2) is 7.65. The lowest BCUT2D eigenvalue weighted by Crippen LogP contribution is -2.46. The van der Waals surface area contributed by atoms with Gasteiger partial charge in [-0.05, 0) is 57.2 Å². The summed E-state index contributed by atoms with van der Waals surface area (Å²) in [6.07, 6.45) is 2.75. The molecule has 1 heterocycles. The third kappa shape index (κ3) is 5.63. The second-order valence-corrected chi connectivity index (χ2v) is 8.10. The number of rotatable bonds is 5. The zero-order valence-electron chi connectivity index (χ0n) is 15.4. The lowest BCUT2D eigenvalue weighted by Gasteiger charge is -2.32. The predicted octanol–water partition coefficient (Wildman–Crippen LogP) is 3.87. The molecule has 5 heteroatoms. The van der Waals surface area contributed by atoms with E-state index in [9.17, 15) is 4.79 Å². The number of hydrogen-bond donors (Lipinski definition) is 1. The number of carbonyl (C=O) groups excluding carboxylic acids is 1. The lowest BCUT2D eigenvalue weighted by molar-refractivity contribution is -0.0569. The standard InChI is InChI=1S/C20H29NO4/c1-20(2,3)21-19(22)25-18-10-11-23-12-16(18)13-24-17-8-6-15(7-9-17)14-4-5-14/h6-9,14,16,18H,4-5,10-13H2,1-3H3,(H,21,22)/t16-,18+/m1/s1. The molecule has 0 radical (unpaired) electrons. The molecule has 1 aromatic rings. The first kappa shape index (κ1) is 18.1. The number of amides is 1. The van der Waals surface area contributed by atoms with Crippen LogP contribution in [0.5, 0.6) is 5.75 Å². The van der Waals surface area contributed by atoms with E-state index in [1.54, 1.807) is 0 Å². The molecule has 1 aliphatic carbocycles. The Bertz CT molecular complexity index is 574. The van der Waals surface area contributed by atoms with Crippen LogP contribution in [0.15, 0.2) is 24.3 Å². The van der Waals surface area contributed by atoms with Gasteiger partial charge in [0.25, 0.3) is 0 Å². The van der Waals surface area contributed by atoms with E-state index >= 15 is 0 Å². The number of hydrogen-bond acceptors (Lipinski definition) is 4. The number of benzene rings is 1. The van der Waals surface area contributed by atoms with Crippen molar-refractivity contribution in [2.45, 2.75) is 57.6 Å². The number of alkyl carbamates (subject to hydrolysis) is 1. The van der Waals surface area contributed by atoms with Crippen molar-refractivity contribution in [3.8, 4) is 5.75 Å². The number of carbonyl (C=O) groups is 1. The van der Waals surface area contributed by atoms with Gasteiger partial charge in [-0.1, -0.05) is 12.1 Å². The highest BCUT2D eigenvalue weighted by atomic mass is 16.6. The molecule has 1 amide bonds. The molecular weight excluding hydrogens is 318 g/mol. The molecule has 0 aromatic heterocycles. The second-order valence-electron chi connectivity index (χ2n) is 8.10. The van der Waals surface area contributed by atoms with Gasteiger partial charge in [-0.15, -0.1) is 0 Å². The quantitative estimate of drug-likeness (QED) is 0.878. The predicted molar refractivity (Wildman–Crippen MR) is 96.0 cm³/mol. The third-order valence-electron chi connectivity index (χ3n) is 4.53. The van der Waals surface area contributed by atoms with Crippen molar-refractivity contribution in [3.63, 3.8) is 0 Å². The van der Waals surface area contributed by atoms with Crippen LogP contribution in [0.25, 0.3) is 0 Å². The topological polar surface area (TPSA) is 56.8 Å². The van der Waals surface area contributed by atoms with Gasteiger partial charge in [0.05, 0.1) is 25.7 Å². The molecular formula is C20H29NO4. The smallest absolute Gasteiger partial charge is 0.407 e. The molecule has 1 N–H and O–H groups in total. The Morgan fingerprint density at radius 1 is 1.20 bits per heavy atom. The maximum absolute atomic E-state index is 12.0. The van der Waals surface area contributed by atoms with Crippen molar-refractivity contribution in [3.05, 3.63) is 29.8 Å². The first-order chi connectivity index (χ1) is 11.9. The van der Waals surface area contributed by atoms with E-state index in [-0.39, 0.29) is 23.7 Å². The van der Waals surface area contributed by atoms with Crippen LogP contribution in [0.2, 0.25) is 0 Å². The zero-order valence-corrected chi connectivity index (χ0v) is 15.4. The monoisotopic (exact) mass is 347 g/mol. The maximum Gasteiger partial charge on any atom is 0.407 e.